The standard InChI is InChI=1S/C18H20N2O3/c1-23-15-9-6-13(7-10-15)19-18(22)20-17-4-2-3-12-5-8-14(21)11-16(12)17/h2-4,6-7,9-10,14,21H,5,8,11H2,1H3,(H2,19,20,22). The zero-order valence-electron chi connectivity index (χ0n) is 13.0. The van der Waals surface area contributed by atoms with Crippen LogP contribution in [0.5, 0.6) is 5.75 Å². The van der Waals surface area contributed by atoms with Crippen LogP contribution in [0.3, 0.4) is 0 Å². The summed E-state index contributed by atoms with van der Waals surface area (Å²) in [5, 5.41) is 15.5. The summed E-state index contributed by atoms with van der Waals surface area (Å²) in [4.78, 5) is 12.2. The number of aliphatic hydroxyl groups excluding tert-OH is 1. The molecule has 0 saturated carbocycles. The fourth-order valence-electron chi connectivity index (χ4n) is 2.85. The SMILES string of the molecule is COc1ccc(NC(=O)Nc2cccc3c2CC(O)CC3)cc1. The molecule has 0 aromatic heterocycles. The Hall–Kier alpha value is -2.53. The second kappa shape index (κ2) is 6.71. The number of hydrogen-bond acceptors (Lipinski definition) is 3. The fourth-order valence-corrected chi connectivity index (χ4v) is 2.85. The van der Waals surface area contributed by atoms with Gasteiger partial charge in [-0.25, -0.2) is 4.79 Å². The molecule has 3 N–H and O–H groups in total. The highest BCUT2D eigenvalue weighted by atomic mass is 16.5. The van der Waals surface area contributed by atoms with Gasteiger partial charge in [-0.2, -0.15) is 0 Å². The average molecular weight is 312 g/mol. The number of amides is 2. The van der Waals surface area contributed by atoms with Crippen LogP contribution in [-0.4, -0.2) is 24.4 Å². The number of fused-ring (bicyclic) bond motifs is 1. The molecule has 1 atom stereocenters. The number of nitrogens with one attached hydrogen (secondary N) is 2. The molecular weight excluding hydrogens is 292 g/mol. The Kier molecular flexibility index (Phi) is 4.48. The molecule has 5 heteroatoms. The van der Waals surface area contributed by atoms with Crippen molar-refractivity contribution in [2.24, 2.45) is 0 Å². The molecule has 0 saturated heterocycles. The van der Waals surface area contributed by atoms with Crippen LogP contribution in [0.25, 0.3) is 0 Å². The number of hydrogen-bond donors (Lipinski definition) is 3. The maximum Gasteiger partial charge on any atom is 0.323 e. The van der Waals surface area contributed by atoms with Crippen molar-refractivity contribution in [3.63, 3.8) is 0 Å². The highest BCUT2D eigenvalue weighted by Crippen LogP contribution is 2.28. The smallest absolute Gasteiger partial charge is 0.323 e. The summed E-state index contributed by atoms with van der Waals surface area (Å²) in [5.41, 5.74) is 3.66. The summed E-state index contributed by atoms with van der Waals surface area (Å²) in [7, 11) is 1.60. The molecule has 0 bridgehead atoms. The van der Waals surface area contributed by atoms with Gasteiger partial charge in [0, 0.05) is 17.8 Å². The molecule has 120 valence electrons. The molecular formula is C18H20N2O3. The van der Waals surface area contributed by atoms with Crippen molar-refractivity contribution in [1.82, 2.24) is 0 Å². The predicted octanol–water partition coefficient (Wildman–Crippen LogP) is 3.19. The highest BCUT2D eigenvalue weighted by Gasteiger charge is 2.19. The normalized spacial score (nSPS) is 16.3. The second-order valence-electron chi connectivity index (χ2n) is 5.65. The van der Waals surface area contributed by atoms with Crippen LogP contribution in [0.4, 0.5) is 16.2 Å². The van der Waals surface area contributed by atoms with E-state index in [1.165, 1.54) is 5.56 Å². The Morgan fingerprint density at radius 2 is 1.96 bits per heavy atom. The second-order valence-corrected chi connectivity index (χ2v) is 5.65. The first-order valence-corrected chi connectivity index (χ1v) is 7.66. The zero-order valence-corrected chi connectivity index (χ0v) is 13.0. The first-order chi connectivity index (χ1) is 11.2. The number of anilines is 2. The van der Waals surface area contributed by atoms with Gasteiger partial charge in [0.25, 0.3) is 0 Å². The maximum atomic E-state index is 12.2. The molecule has 23 heavy (non-hydrogen) atoms. The molecule has 2 aromatic rings. The lowest BCUT2D eigenvalue weighted by atomic mass is 9.88. The van der Waals surface area contributed by atoms with Gasteiger partial charge < -0.3 is 20.5 Å². The number of methoxy groups -OCH3 is 1. The third-order valence-corrected chi connectivity index (χ3v) is 4.06. The lowest BCUT2D eigenvalue weighted by Crippen LogP contribution is -2.24. The van der Waals surface area contributed by atoms with Crippen LogP contribution in [0.2, 0.25) is 0 Å². The Morgan fingerprint density at radius 3 is 2.70 bits per heavy atom. The van der Waals surface area contributed by atoms with Crippen molar-refractivity contribution in [2.75, 3.05) is 17.7 Å². The van der Waals surface area contributed by atoms with Gasteiger partial charge in [-0.05, 0) is 54.3 Å². The third-order valence-electron chi connectivity index (χ3n) is 4.06. The molecule has 0 aliphatic heterocycles. The Balaban J connectivity index is 1.70. The van der Waals surface area contributed by atoms with Crippen molar-refractivity contribution in [3.8, 4) is 5.75 Å². The monoisotopic (exact) mass is 312 g/mol. The minimum Gasteiger partial charge on any atom is -0.497 e. The molecule has 2 aromatic carbocycles. The quantitative estimate of drug-likeness (QED) is 0.815. The fraction of sp³-hybridized carbons (Fsp3) is 0.278. The summed E-state index contributed by atoms with van der Waals surface area (Å²) >= 11 is 0. The summed E-state index contributed by atoms with van der Waals surface area (Å²) in [6, 6.07) is 12.7. The number of benzene rings is 2. The van der Waals surface area contributed by atoms with Gasteiger partial charge in [-0.3, -0.25) is 0 Å². The molecule has 0 heterocycles. The van der Waals surface area contributed by atoms with E-state index in [4.69, 9.17) is 4.74 Å². The van der Waals surface area contributed by atoms with Crippen LogP contribution in [0.15, 0.2) is 42.5 Å². The van der Waals surface area contributed by atoms with Crippen LogP contribution in [0, 0.1) is 0 Å². The molecule has 0 spiro atoms. The Morgan fingerprint density at radius 1 is 1.17 bits per heavy atom. The number of carbonyl (C=O) groups is 1. The molecule has 0 radical (unpaired) electrons. The number of rotatable bonds is 3. The molecule has 2 amide bonds. The van der Waals surface area contributed by atoms with E-state index < -0.39 is 0 Å². The minimum absolute atomic E-state index is 0.302. The van der Waals surface area contributed by atoms with Crippen LogP contribution in [-0.2, 0) is 12.8 Å². The topological polar surface area (TPSA) is 70.6 Å². The predicted molar refractivity (Wildman–Crippen MR) is 90.1 cm³/mol. The van der Waals surface area contributed by atoms with E-state index >= 15 is 0 Å². The van der Waals surface area contributed by atoms with Crippen LogP contribution < -0.4 is 15.4 Å². The highest BCUT2D eigenvalue weighted by molar-refractivity contribution is 6.00. The molecule has 0 fully saturated rings. The van der Waals surface area contributed by atoms with E-state index in [1.807, 2.05) is 18.2 Å². The average Bonchev–Trinajstić information content (AvgIpc) is 2.56. The first-order valence-electron chi connectivity index (χ1n) is 7.66. The van der Waals surface area contributed by atoms with Crippen molar-refractivity contribution in [2.45, 2.75) is 25.4 Å². The Labute approximate surface area is 135 Å². The van der Waals surface area contributed by atoms with Gasteiger partial charge in [-0.1, -0.05) is 12.1 Å². The van der Waals surface area contributed by atoms with Gasteiger partial charge in [0.15, 0.2) is 0 Å². The number of aryl methyl sites for hydroxylation is 1. The van der Waals surface area contributed by atoms with E-state index in [1.54, 1.807) is 31.4 Å². The summed E-state index contributed by atoms with van der Waals surface area (Å²) in [6.07, 6.45) is 1.85. The van der Waals surface area contributed by atoms with Crippen LogP contribution in [0.1, 0.15) is 17.5 Å². The minimum atomic E-state index is -0.338. The number of aliphatic hydroxyl groups is 1. The van der Waals surface area contributed by atoms with Gasteiger partial charge >= 0.3 is 6.03 Å². The van der Waals surface area contributed by atoms with E-state index in [0.29, 0.717) is 12.1 Å². The maximum absolute atomic E-state index is 12.2. The van der Waals surface area contributed by atoms with Gasteiger partial charge in [0.1, 0.15) is 5.75 Å². The molecule has 1 aliphatic carbocycles. The Bertz CT molecular complexity index is 698. The molecule has 1 unspecified atom stereocenters. The van der Waals surface area contributed by atoms with Crippen molar-refractivity contribution in [1.29, 1.82) is 0 Å². The summed E-state index contributed by atoms with van der Waals surface area (Å²) in [6.45, 7) is 0. The molecule has 5 nitrogen and oxygen atoms in total. The van der Waals surface area contributed by atoms with E-state index in [0.717, 1.165) is 29.8 Å². The van der Waals surface area contributed by atoms with Crippen molar-refractivity contribution in [3.05, 3.63) is 53.6 Å². The number of ether oxygens (including phenoxy) is 1. The van der Waals surface area contributed by atoms with Crippen molar-refractivity contribution < 1.29 is 14.6 Å². The van der Waals surface area contributed by atoms with Gasteiger partial charge in [0.2, 0.25) is 0 Å². The van der Waals surface area contributed by atoms with Crippen molar-refractivity contribution >= 4 is 17.4 Å². The summed E-state index contributed by atoms with van der Waals surface area (Å²) in [5.74, 6) is 0.738. The van der Waals surface area contributed by atoms with Gasteiger partial charge in [0.05, 0.1) is 13.2 Å². The van der Waals surface area contributed by atoms with E-state index in [-0.39, 0.29) is 12.1 Å². The van der Waals surface area contributed by atoms with Crippen LogP contribution >= 0.6 is 0 Å². The van der Waals surface area contributed by atoms with Gasteiger partial charge in [-0.15, -0.1) is 0 Å². The molecule has 3 rings (SSSR count). The first kappa shape index (κ1) is 15.4. The van der Waals surface area contributed by atoms with E-state index in [9.17, 15) is 9.90 Å². The number of carbonyl (C=O) groups excluding carboxylic acids is 1. The lowest BCUT2D eigenvalue weighted by Gasteiger charge is -2.23. The number of urea groups is 1. The largest absolute Gasteiger partial charge is 0.497 e. The summed E-state index contributed by atoms with van der Waals surface area (Å²) < 4.78 is 5.09. The zero-order chi connectivity index (χ0) is 16.2. The third kappa shape index (κ3) is 3.63. The molecule has 1 aliphatic rings. The lowest BCUT2D eigenvalue weighted by molar-refractivity contribution is 0.159. The van der Waals surface area contributed by atoms with E-state index in [2.05, 4.69) is 10.6 Å².